The highest BCUT2D eigenvalue weighted by Crippen LogP contribution is 2.38. The van der Waals surface area contributed by atoms with E-state index >= 15 is 0 Å². The molecule has 0 aliphatic carbocycles. The Labute approximate surface area is 204 Å². The van der Waals surface area contributed by atoms with Crippen molar-refractivity contribution in [2.45, 2.75) is 13.3 Å². The Hall–Kier alpha value is -4.39. The number of esters is 1. The summed E-state index contributed by atoms with van der Waals surface area (Å²) in [4.78, 5) is 38.8. The van der Waals surface area contributed by atoms with Gasteiger partial charge in [0, 0.05) is 25.3 Å². The highest BCUT2D eigenvalue weighted by molar-refractivity contribution is 6.37. The molecule has 3 aromatic carbocycles. The van der Waals surface area contributed by atoms with Gasteiger partial charge in [0.05, 0.1) is 35.5 Å². The maximum Gasteiger partial charge on any atom is 0.338 e. The van der Waals surface area contributed by atoms with E-state index in [0.717, 1.165) is 16.8 Å². The van der Waals surface area contributed by atoms with E-state index in [9.17, 15) is 14.4 Å². The summed E-state index contributed by atoms with van der Waals surface area (Å²) in [5.74, 6) is -0.670. The number of carbonyl (C=O) groups excluding carboxylic acids is 3. The molecule has 7 nitrogen and oxygen atoms in total. The molecular weight excluding hydrogens is 442 g/mol. The molecule has 0 unspecified atom stereocenters. The zero-order chi connectivity index (χ0) is 24.9. The van der Waals surface area contributed by atoms with Crippen LogP contribution in [0.2, 0.25) is 0 Å². The van der Waals surface area contributed by atoms with Crippen molar-refractivity contribution in [3.8, 4) is 0 Å². The molecule has 0 bridgehead atoms. The van der Waals surface area contributed by atoms with Crippen molar-refractivity contribution in [2.75, 3.05) is 31.3 Å². The van der Waals surface area contributed by atoms with Crippen LogP contribution in [-0.4, -0.2) is 43.4 Å². The van der Waals surface area contributed by atoms with E-state index in [1.54, 1.807) is 44.1 Å². The first kappa shape index (κ1) is 23.8. The van der Waals surface area contributed by atoms with Crippen molar-refractivity contribution < 1.29 is 19.1 Å². The number of benzene rings is 3. The molecule has 1 aliphatic heterocycles. The number of amides is 2. The third-order valence-corrected chi connectivity index (χ3v) is 5.67. The van der Waals surface area contributed by atoms with Gasteiger partial charge in [-0.05, 0) is 42.3 Å². The smallest absolute Gasteiger partial charge is 0.338 e. The Balaban J connectivity index is 1.72. The highest BCUT2D eigenvalue weighted by Gasteiger charge is 2.29. The minimum absolute atomic E-state index is 0.0271. The van der Waals surface area contributed by atoms with E-state index in [-0.39, 0.29) is 18.4 Å². The SMILES string of the molecule is CCOC(=O)c1ccc2c(c1)NC(=O)/C2=C(\Nc1ccc(CC(=O)N(C)C)cc1)c1ccccc1. The number of fused-ring (bicyclic) bond motifs is 1. The fourth-order valence-electron chi connectivity index (χ4n) is 3.83. The van der Waals surface area contributed by atoms with Gasteiger partial charge in [-0.15, -0.1) is 0 Å². The number of anilines is 2. The number of rotatable bonds is 7. The van der Waals surface area contributed by atoms with Gasteiger partial charge in [-0.3, -0.25) is 9.59 Å². The fraction of sp³-hybridized carbons (Fsp3) is 0.179. The molecule has 178 valence electrons. The fourth-order valence-corrected chi connectivity index (χ4v) is 3.83. The van der Waals surface area contributed by atoms with E-state index in [1.807, 2.05) is 54.6 Å². The van der Waals surface area contributed by atoms with Gasteiger partial charge in [0.15, 0.2) is 0 Å². The third-order valence-electron chi connectivity index (χ3n) is 5.67. The van der Waals surface area contributed by atoms with Crippen LogP contribution in [-0.2, 0) is 20.7 Å². The van der Waals surface area contributed by atoms with Gasteiger partial charge in [-0.2, -0.15) is 0 Å². The molecule has 2 amide bonds. The maximum absolute atomic E-state index is 13.1. The van der Waals surface area contributed by atoms with E-state index < -0.39 is 5.97 Å². The molecule has 7 heteroatoms. The predicted molar refractivity (Wildman–Crippen MR) is 137 cm³/mol. The van der Waals surface area contributed by atoms with Gasteiger partial charge >= 0.3 is 5.97 Å². The van der Waals surface area contributed by atoms with Crippen LogP contribution in [0.5, 0.6) is 0 Å². The van der Waals surface area contributed by atoms with E-state index in [1.165, 1.54) is 0 Å². The van der Waals surface area contributed by atoms with Crippen LogP contribution in [0.3, 0.4) is 0 Å². The quantitative estimate of drug-likeness (QED) is 0.395. The van der Waals surface area contributed by atoms with E-state index in [2.05, 4.69) is 10.6 Å². The van der Waals surface area contributed by atoms with Crippen molar-refractivity contribution in [3.05, 3.63) is 95.1 Å². The molecule has 0 saturated carbocycles. The molecule has 4 rings (SSSR count). The maximum atomic E-state index is 13.1. The summed E-state index contributed by atoms with van der Waals surface area (Å²) in [7, 11) is 3.47. The highest BCUT2D eigenvalue weighted by atomic mass is 16.5. The van der Waals surface area contributed by atoms with Crippen LogP contribution in [0.1, 0.15) is 34.0 Å². The van der Waals surface area contributed by atoms with Crippen molar-refractivity contribution in [3.63, 3.8) is 0 Å². The largest absolute Gasteiger partial charge is 0.462 e. The topological polar surface area (TPSA) is 87.7 Å². The van der Waals surface area contributed by atoms with Crippen molar-refractivity contribution in [1.82, 2.24) is 4.90 Å². The molecule has 2 N–H and O–H groups in total. The summed E-state index contributed by atoms with van der Waals surface area (Å²) in [6.07, 6.45) is 0.318. The summed E-state index contributed by atoms with van der Waals surface area (Å²) in [5, 5.41) is 6.28. The lowest BCUT2D eigenvalue weighted by molar-refractivity contribution is -0.128. The number of carbonyl (C=O) groups is 3. The van der Waals surface area contributed by atoms with Crippen LogP contribution in [0.15, 0.2) is 72.8 Å². The molecule has 0 saturated heterocycles. The van der Waals surface area contributed by atoms with E-state index in [4.69, 9.17) is 4.74 Å². The molecular formula is C28H27N3O4. The minimum Gasteiger partial charge on any atom is -0.462 e. The van der Waals surface area contributed by atoms with Crippen molar-refractivity contribution in [1.29, 1.82) is 0 Å². The van der Waals surface area contributed by atoms with Crippen LogP contribution in [0.25, 0.3) is 11.3 Å². The van der Waals surface area contributed by atoms with Crippen molar-refractivity contribution >= 4 is 40.4 Å². The number of ether oxygens (including phenoxy) is 1. The number of hydrogen-bond donors (Lipinski definition) is 2. The summed E-state index contributed by atoms with van der Waals surface area (Å²) in [6.45, 7) is 2.02. The Bertz CT molecular complexity index is 1300. The third kappa shape index (κ3) is 5.24. The molecule has 0 spiro atoms. The minimum atomic E-state index is -0.434. The van der Waals surface area contributed by atoms with Crippen LogP contribution >= 0.6 is 0 Å². The first-order chi connectivity index (χ1) is 16.9. The van der Waals surface area contributed by atoms with Crippen LogP contribution < -0.4 is 10.6 Å². The van der Waals surface area contributed by atoms with Gasteiger partial charge in [0.25, 0.3) is 5.91 Å². The van der Waals surface area contributed by atoms with Crippen LogP contribution in [0, 0.1) is 0 Å². The number of likely N-dealkylation sites (N-methyl/N-ethyl adjacent to an activating group) is 1. The molecule has 0 radical (unpaired) electrons. The molecule has 1 heterocycles. The Morgan fingerprint density at radius 2 is 1.66 bits per heavy atom. The Morgan fingerprint density at radius 3 is 2.31 bits per heavy atom. The monoisotopic (exact) mass is 469 g/mol. The summed E-state index contributed by atoms with van der Waals surface area (Å²) < 4.78 is 5.08. The average molecular weight is 470 g/mol. The normalized spacial score (nSPS) is 13.5. The van der Waals surface area contributed by atoms with E-state index in [0.29, 0.717) is 34.5 Å². The Kier molecular flexibility index (Phi) is 6.96. The first-order valence-corrected chi connectivity index (χ1v) is 11.4. The standard InChI is InChI=1S/C28H27N3O4/c1-4-35-28(34)20-12-15-22-23(17-20)30-27(33)25(22)26(19-8-6-5-7-9-19)29-21-13-10-18(11-14-21)16-24(32)31(2)3/h5-15,17,29H,4,16H2,1-3H3,(H,30,33)/b26-25-. The summed E-state index contributed by atoms with van der Waals surface area (Å²) >= 11 is 0. The lowest BCUT2D eigenvalue weighted by Gasteiger charge is -2.15. The lowest BCUT2D eigenvalue weighted by Crippen LogP contribution is -2.23. The van der Waals surface area contributed by atoms with Crippen molar-refractivity contribution in [2.24, 2.45) is 0 Å². The van der Waals surface area contributed by atoms with Gasteiger partial charge < -0.3 is 20.3 Å². The van der Waals surface area contributed by atoms with Gasteiger partial charge in [0.1, 0.15) is 0 Å². The number of nitrogens with one attached hydrogen (secondary N) is 2. The number of nitrogens with zero attached hydrogens (tertiary/aromatic N) is 1. The first-order valence-electron chi connectivity index (χ1n) is 11.4. The molecule has 1 aliphatic rings. The molecule has 0 fully saturated rings. The second-order valence-electron chi connectivity index (χ2n) is 8.34. The molecule has 0 atom stereocenters. The molecule has 3 aromatic rings. The average Bonchev–Trinajstić information content (AvgIpc) is 3.18. The van der Waals surface area contributed by atoms with Gasteiger partial charge in [-0.25, -0.2) is 4.79 Å². The van der Waals surface area contributed by atoms with Gasteiger partial charge in [-0.1, -0.05) is 48.5 Å². The Morgan fingerprint density at radius 1 is 0.943 bits per heavy atom. The second kappa shape index (κ2) is 10.3. The predicted octanol–water partition coefficient (Wildman–Crippen LogP) is 4.43. The summed E-state index contributed by atoms with van der Waals surface area (Å²) in [5.41, 5.74) is 5.28. The second-order valence-corrected chi connectivity index (χ2v) is 8.34. The lowest BCUT2D eigenvalue weighted by atomic mass is 9.99. The summed E-state index contributed by atoms with van der Waals surface area (Å²) in [6, 6.07) is 22.2. The van der Waals surface area contributed by atoms with Crippen LogP contribution in [0.4, 0.5) is 11.4 Å². The molecule has 35 heavy (non-hydrogen) atoms. The zero-order valence-electron chi connectivity index (χ0n) is 19.9. The zero-order valence-corrected chi connectivity index (χ0v) is 19.9. The number of hydrogen-bond acceptors (Lipinski definition) is 5. The molecule has 0 aromatic heterocycles. The van der Waals surface area contributed by atoms with Gasteiger partial charge in [0.2, 0.25) is 5.91 Å².